The summed E-state index contributed by atoms with van der Waals surface area (Å²) in [4.78, 5) is 21.3. The molecular formula is C19H22F3N3O3. The summed E-state index contributed by atoms with van der Waals surface area (Å²) in [5.74, 6) is -2.89. The second-order valence-electron chi connectivity index (χ2n) is 5.89. The zero-order valence-corrected chi connectivity index (χ0v) is 15.2. The minimum atomic E-state index is -5.08. The number of rotatable bonds is 5. The Balaban J connectivity index is 0.000000480. The van der Waals surface area contributed by atoms with Crippen molar-refractivity contribution in [3.63, 3.8) is 0 Å². The highest BCUT2D eigenvalue weighted by Gasteiger charge is 2.38. The molecule has 28 heavy (non-hydrogen) atoms. The molecule has 0 heterocycles. The first-order chi connectivity index (χ1) is 13.1. The van der Waals surface area contributed by atoms with Gasteiger partial charge in [0.1, 0.15) is 0 Å². The van der Waals surface area contributed by atoms with E-state index in [0.29, 0.717) is 24.2 Å². The van der Waals surface area contributed by atoms with Crippen molar-refractivity contribution in [2.75, 3.05) is 12.3 Å². The molecule has 0 radical (unpaired) electrons. The Morgan fingerprint density at radius 3 is 2.18 bits per heavy atom. The maximum Gasteiger partial charge on any atom is 0.490 e. The summed E-state index contributed by atoms with van der Waals surface area (Å²) in [6.07, 6.45) is -4.39. The van der Waals surface area contributed by atoms with Crippen LogP contribution < -0.4 is 16.8 Å². The molecule has 0 saturated heterocycles. The van der Waals surface area contributed by atoms with E-state index in [9.17, 15) is 18.0 Å². The first-order valence-electron chi connectivity index (χ1n) is 8.28. The number of carboxylic acids is 1. The third kappa shape index (κ3) is 7.28. The normalized spacial score (nSPS) is 11.8. The van der Waals surface area contributed by atoms with Crippen molar-refractivity contribution in [1.29, 1.82) is 0 Å². The number of hydrogen-bond acceptors (Lipinski definition) is 4. The third-order valence-electron chi connectivity index (χ3n) is 3.75. The molecule has 0 unspecified atom stereocenters. The van der Waals surface area contributed by atoms with Gasteiger partial charge in [-0.05, 0) is 43.1 Å². The number of anilines is 1. The molecule has 0 aliphatic heterocycles. The van der Waals surface area contributed by atoms with Crippen molar-refractivity contribution in [2.24, 2.45) is 5.73 Å². The van der Waals surface area contributed by atoms with Crippen molar-refractivity contribution < 1.29 is 27.9 Å². The number of nitrogens with one attached hydrogen (secondary N) is 1. The average molecular weight is 397 g/mol. The molecule has 2 rings (SSSR count). The van der Waals surface area contributed by atoms with Gasteiger partial charge in [-0.25, -0.2) is 4.79 Å². The summed E-state index contributed by atoms with van der Waals surface area (Å²) < 4.78 is 31.7. The summed E-state index contributed by atoms with van der Waals surface area (Å²) in [6.45, 7) is 2.42. The lowest BCUT2D eigenvalue weighted by Crippen LogP contribution is -2.30. The molecular weight excluding hydrogens is 375 g/mol. The lowest BCUT2D eigenvalue weighted by atomic mass is 10.0. The fourth-order valence-electron chi connectivity index (χ4n) is 2.20. The van der Waals surface area contributed by atoms with Gasteiger partial charge in [-0.1, -0.05) is 36.4 Å². The lowest BCUT2D eigenvalue weighted by Gasteiger charge is -2.19. The second-order valence-corrected chi connectivity index (χ2v) is 5.89. The van der Waals surface area contributed by atoms with Crippen molar-refractivity contribution in [2.45, 2.75) is 25.6 Å². The quantitative estimate of drug-likeness (QED) is 0.579. The number of carboxylic acid groups (broad SMARTS) is 1. The Bertz CT molecular complexity index is 796. The van der Waals surface area contributed by atoms with E-state index in [-0.39, 0.29) is 11.9 Å². The first kappa shape index (κ1) is 23.0. The number of hydrogen-bond donors (Lipinski definition) is 4. The van der Waals surface area contributed by atoms with E-state index in [1.54, 1.807) is 12.1 Å². The van der Waals surface area contributed by atoms with Crippen LogP contribution in [0.2, 0.25) is 0 Å². The van der Waals surface area contributed by atoms with E-state index in [4.69, 9.17) is 21.4 Å². The van der Waals surface area contributed by atoms with Gasteiger partial charge in [0.15, 0.2) is 0 Å². The molecule has 9 heteroatoms. The Morgan fingerprint density at radius 1 is 1.14 bits per heavy atom. The Kier molecular flexibility index (Phi) is 8.46. The molecule has 152 valence electrons. The van der Waals surface area contributed by atoms with Gasteiger partial charge in [-0.2, -0.15) is 13.2 Å². The van der Waals surface area contributed by atoms with Gasteiger partial charge < -0.3 is 21.9 Å². The molecule has 0 aliphatic carbocycles. The maximum absolute atomic E-state index is 12.4. The molecule has 0 fully saturated rings. The van der Waals surface area contributed by atoms with E-state index >= 15 is 0 Å². The van der Waals surface area contributed by atoms with Crippen molar-refractivity contribution in [3.8, 4) is 0 Å². The number of aliphatic carboxylic acids is 1. The summed E-state index contributed by atoms with van der Waals surface area (Å²) in [6, 6.07) is 15.1. The SMILES string of the molecule is Cc1ccc(C(=O)N[C@@H](CCN)c2ccccc2)cc1N.O=C(O)C(F)(F)F. The highest BCUT2D eigenvalue weighted by Crippen LogP contribution is 2.18. The fourth-order valence-corrected chi connectivity index (χ4v) is 2.20. The first-order valence-corrected chi connectivity index (χ1v) is 8.28. The number of nitrogens with two attached hydrogens (primary N) is 2. The second kappa shape index (κ2) is 10.3. The standard InChI is InChI=1S/C17H21N3O.C2HF3O2/c1-12-7-8-14(11-15(12)19)17(21)20-16(9-10-18)13-5-3-2-4-6-13;3-2(4,5)1(6)7/h2-8,11,16H,9-10,18-19H2,1H3,(H,20,21);(H,6,7)/t16-;/m0./s1. The van der Waals surface area contributed by atoms with Crippen LogP contribution in [0, 0.1) is 6.92 Å². The lowest BCUT2D eigenvalue weighted by molar-refractivity contribution is -0.192. The minimum absolute atomic E-state index is 0.0915. The van der Waals surface area contributed by atoms with Crippen LogP contribution in [0.25, 0.3) is 0 Å². The molecule has 0 aromatic heterocycles. The van der Waals surface area contributed by atoms with Crippen LogP contribution in [0.5, 0.6) is 0 Å². The number of carbonyl (C=O) groups is 2. The van der Waals surface area contributed by atoms with Crippen LogP contribution in [0.4, 0.5) is 18.9 Å². The van der Waals surface area contributed by atoms with Crippen LogP contribution in [-0.4, -0.2) is 29.7 Å². The van der Waals surface area contributed by atoms with Gasteiger partial charge in [0.2, 0.25) is 0 Å². The van der Waals surface area contributed by atoms with Crippen LogP contribution in [0.3, 0.4) is 0 Å². The van der Waals surface area contributed by atoms with Gasteiger partial charge in [0.05, 0.1) is 6.04 Å². The van der Waals surface area contributed by atoms with Gasteiger partial charge in [-0.3, -0.25) is 4.79 Å². The Hall–Kier alpha value is -3.07. The number of alkyl halides is 3. The minimum Gasteiger partial charge on any atom is -0.475 e. The van der Waals surface area contributed by atoms with Crippen molar-refractivity contribution in [3.05, 3.63) is 65.2 Å². The third-order valence-corrected chi connectivity index (χ3v) is 3.75. The summed E-state index contributed by atoms with van der Waals surface area (Å²) in [7, 11) is 0. The molecule has 2 aromatic rings. The zero-order valence-electron chi connectivity index (χ0n) is 15.2. The number of nitrogen functional groups attached to an aromatic ring is 1. The van der Waals surface area contributed by atoms with Crippen molar-refractivity contribution in [1.82, 2.24) is 5.32 Å². The summed E-state index contributed by atoms with van der Waals surface area (Å²) in [5.41, 5.74) is 14.7. The van der Waals surface area contributed by atoms with Crippen LogP contribution in [0.15, 0.2) is 48.5 Å². The maximum atomic E-state index is 12.4. The number of benzene rings is 2. The molecule has 0 aliphatic rings. The van der Waals surface area contributed by atoms with Gasteiger partial charge in [0, 0.05) is 11.3 Å². The smallest absolute Gasteiger partial charge is 0.475 e. The van der Waals surface area contributed by atoms with Crippen LogP contribution >= 0.6 is 0 Å². The number of aryl methyl sites for hydroxylation is 1. The van der Waals surface area contributed by atoms with Gasteiger partial charge >= 0.3 is 12.1 Å². The van der Waals surface area contributed by atoms with Gasteiger partial charge in [0.25, 0.3) is 5.91 Å². The molecule has 0 saturated carbocycles. The number of carbonyl (C=O) groups excluding carboxylic acids is 1. The van der Waals surface area contributed by atoms with Crippen molar-refractivity contribution >= 4 is 17.6 Å². The Labute approximate surface area is 160 Å². The molecule has 1 atom stereocenters. The van der Waals surface area contributed by atoms with Gasteiger partial charge in [-0.15, -0.1) is 0 Å². The predicted molar refractivity (Wildman–Crippen MR) is 99.6 cm³/mol. The van der Waals surface area contributed by atoms with E-state index in [1.165, 1.54) is 0 Å². The van der Waals surface area contributed by atoms with E-state index in [0.717, 1.165) is 11.1 Å². The molecule has 0 bridgehead atoms. The zero-order chi connectivity index (χ0) is 21.3. The molecule has 0 spiro atoms. The summed E-state index contributed by atoms with van der Waals surface area (Å²) >= 11 is 0. The average Bonchev–Trinajstić information content (AvgIpc) is 2.64. The molecule has 6 nitrogen and oxygen atoms in total. The van der Waals surface area contributed by atoms with E-state index in [1.807, 2.05) is 43.3 Å². The predicted octanol–water partition coefficient (Wildman–Crippen LogP) is 3.03. The van der Waals surface area contributed by atoms with Crippen LogP contribution in [-0.2, 0) is 4.79 Å². The van der Waals surface area contributed by atoms with Crippen LogP contribution in [0.1, 0.15) is 33.9 Å². The summed E-state index contributed by atoms with van der Waals surface area (Å²) in [5, 5.41) is 10.1. The molecule has 2 aromatic carbocycles. The monoisotopic (exact) mass is 397 g/mol. The molecule has 1 amide bonds. The fraction of sp³-hybridized carbons (Fsp3) is 0.263. The highest BCUT2D eigenvalue weighted by molar-refractivity contribution is 5.95. The number of amides is 1. The van der Waals surface area contributed by atoms with E-state index in [2.05, 4.69) is 5.32 Å². The molecule has 6 N–H and O–H groups in total. The highest BCUT2D eigenvalue weighted by atomic mass is 19.4. The Morgan fingerprint density at radius 2 is 1.71 bits per heavy atom. The van der Waals surface area contributed by atoms with E-state index < -0.39 is 12.1 Å². The largest absolute Gasteiger partial charge is 0.490 e. The topological polar surface area (TPSA) is 118 Å². The number of halogens is 3.